The summed E-state index contributed by atoms with van der Waals surface area (Å²) in [5.41, 5.74) is 2.46. The lowest BCUT2D eigenvalue weighted by atomic mass is 10.3. The number of hydrogen-bond acceptors (Lipinski definition) is 4. The van der Waals surface area contributed by atoms with Gasteiger partial charge >= 0.3 is 0 Å². The molecule has 1 aromatic carbocycles. The van der Waals surface area contributed by atoms with E-state index >= 15 is 0 Å². The molecule has 0 saturated heterocycles. The van der Waals surface area contributed by atoms with Gasteiger partial charge in [-0.2, -0.15) is 5.10 Å². The van der Waals surface area contributed by atoms with Crippen molar-refractivity contribution in [3.63, 3.8) is 0 Å². The van der Waals surface area contributed by atoms with Gasteiger partial charge in [-0.05, 0) is 24.3 Å². The first-order chi connectivity index (χ1) is 12.7. The van der Waals surface area contributed by atoms with E-state index in [4.69, 9.17) is 0 Å². The molecule has 7 heteroatoms. The summed E-state index contributed by atoms with van der Waals surface area (Å²) in [5.74, 6) is 1.28. The molecule has 6 nitrogen and oxygen atoms in total. The molecule has 0 radical (unpaired) electrons. The largest absolute Gasteiger partial charge is 0.325 e. The Hall–Kier alpha value is -3.35. The van der Waals surface area contributed by atoms with E-state index in [1.54, 1.807) is 29.3 Å². The highest BCUT2D eigenvalue weighted by molar-refractivity contribution is 5.49. The molecular weight excluding hydrogens is 331 g/mol. The van der Waals surface area contributed by atoms with Gasteiger partial charge < -0.3 is 4.57 Å². The third-order valence-electron chi connectivity index (χ3n) is 4.03. The summed E-state index contributed by atoms with van der Waals surface area (Å²) in [6.45, 7) is 2.61. The Morgan fingerprint density at radius 2 is 2.04 bits per heavy atom. The molecule has 0 aliphatic heterocycles. The quantitative estimate of drug-likeness (QED) is 0.555. The zero-order chi connectivity index (χ0) is 17.9. The molecule has 0 bridgehead atoms. The lowest BCUT2D eigenvalue weighted by Gasteiger charge is -2.06. The monoisotopic (exact) mass is 348 g/mol. The van der Waals surface area contributed by atoms with Gasteiger partial charge in [-0.15, -0.1) is 0 Å². The molecule has 26 heavy (non-hydrogen) atoms. The number of hydrogen-bond donors (Lipinski definition) is 0. The Bertz CT molecular complexity index is 1040. The lowest BCUT2D eigenvalue weighted by Crippen LogP contribution is -2.03. The van der Waals surface area contributed by atoms with Crippen LogP contribution in [0.4, 0.5) is 4.39 Å². The van der Waals surface area contributed by atoms with Gasteiger partial charge in [0.15, 0.2) is 5.82 Å². The van der Waals surface area contributed by atoms with Crippen molar-refractivity contribution >= 4 is 0 Å². The molecule has 4 rings (SSSR count). The van der Waals surface area contributed by atoms with Gasteiger partial charge in [-0.1, -0.05) is 13.0 Å². The summed E-state index contributed by atoms with van der Waals surface area (Å²) in [7, 11) is 0. The molecule has 0 unspecified atom stereocenters. The number of imidazole rings is 1. The third kappa shape index (κ3) is 3.23. The van der Waals surface area contributed by atoms with Crippen molar-refractivity contribution in [1.29, 1.82) is 0 Å². The predicted molar refractivity (Wildman–Crippen MR) is 95.3 cm³/mol. The highest BCUT2D eigenvalue weighted by atomic mass is 19.1. The van der Waals surface area contributed by atoms with Gasteiger partial charge in [-0.25, -0.2) is 24.0 Å². The first-order valence-corrected chi connectivity index (χ1v) is 8.36. The molecule has 0 aliphatic carbocycles. The standard InChI is InChI=1S/C19H17FN6/c1-2-18-21-7-6-17(24-18)19-22-8-9-25(19)12-14-11-23-26(13-14)16-5-3-4-15(20)10-16/h3-11,13H,2,12H2,1H3. The Balaban J connectivity index is 1.60. The maximum absolute atomic E-state index is 13.4. The Morgan fingerprint density at radius 3 is 2.88 bits per heavy atom. The van der Waals surface area contributed by atoms with Gasteiger partial charge in [-0.3, -0.25) is 0 Å². The van der Waals surface area contributed by atoms with Crippen LogP contribution in [0.1, 0.15) is 18.3 Å². The summed E-state index contributed by atoms with van der Waals surface area (Å²) >= 11 is 0. The molecule has 3 aromatic heterocycles. The van der Waals surface area contributed by atoms with Gasteiger partial charge in [0, 0.05) is 36.8 Å². The van der Waals surface area contributed by atoms with Crippen LogP contribution in [0.3, 0.4) is 0 Å². The fourth-order valence-electron chi connectivity index (χ4n) is 2.76. The Morgan fingerprint density at radius 1 is 1.12 bits per heavy atom. The van der Waals surface area contributed by atoms with E-state index in [2.05, 4.69) is 20.1 Å². The Labute approximate surface area is 150 Å². The molecule has 3 heterocycles. The van der Waals surface area contributed by atoms with Crippen LogP contribution >= 0.6 is 0 Å². The van der Waals surface area contributed by atoms with Gasteiger partial charge in [0.05, 0.1) is 18.4 Å². The second-order valence-electron chi connectivity index (χ2n) is 5.86. The summed E-state index contributed by atoms with van der Waals surface area (Å²) in [4.78, 5) is 13.2. The van der Waals surface area contributed by atoms with Crippen LogP contribution in [0.5, 0.6) is 0 Å². The number of rotatable bonds is 5. The number of aryl methyl sites for hydroxylation is 1. The second-order valence-corrected chi connectivity index (χ2v) is 5.86. The van der Waals surface area contributed by atoms with Crippen molar-refractivity contribution in [3.05, 3.63) is 78.5 Å². The molecule has 0 aliphatic rings. The van der Waals surface area contributed by atoms with Crippen molar-refractivity contribution in [2.45, 2.75) is 19.9 Å². The topological polar surface area (TPSA) is 61.4 Å². The van der Waals surface area contributed by atoms with Gasteiger partial charge in [0.1, 0.15) is 17.3 Å². The van der Waals surface area contributed by atoms with Gasteiger partial charge in [0.25, 0.3) is 0 Å². The third-order valence-corrected chi connectivity index (χ3v) is 4.03. The summed E-state index contributed by atoms with van der Waals surface area (Å²) in [6, 6.07) is 8.20. The van der Waals surface area contributed by atoms with Crippen LogP contribution in [0.25, 0.3) is 17.2 Å². The van der Waals surface area contributed by atoms with Gasteiger partial charge in [0.2, 0.25) is 0 Å². The Kier molecular flexibility index (Phi) is 4.27. The van der Waals surface area contributed by atoms with Crippen LogP contribution in [0.15, 0.2) is 61.3 Å². The highest BCUT2D eigenvalue weighted by Gasteiger charge is 2.10. The smallest absolute Gasteiger partial charge is 0.159 e. The number of nitrogens with zero attached hydrogens (tertiary/aromatic N) is 6. The van der Waals surface area contributed by atoms with E-state index < -0.39 is 0 Å². The van der Waals surface area contributed by atoms with E-state index in [9.17, 15) is 4.39 Å². The molecule has 0 fully saturated rings. The van der Waals surface area contributed by atoms with Crippen molar-refractivity contribution in [2.75, 3.05) is 0 Å². The molecular formula is C19H17FN6. The van der Waals surface area contributed by atoms with Crippen LogP contribution in [-0.4, -0.2) is 29.3 Å². The zero-order valence-corrected chi connectivity index (χ0v) is 14.2. The minimum absolute atomic E-state index is 0.285. The average molecular weight is 348 g/mol. The van der Waals surface area contributed by atoms with Crippen LogP contribution in [-0.2, 0) is 13.0 Å². The van der Waals surface area contributed by atoms with Crippen molar-refractivity contribution < 1.29 is 4.39 Å². The fraction of sp³-hybridized carbons (Fsp3) is 0.158. The maximum atomic E-state index is 13.4. The van der Waals surface area contributed by atoms with Crippen LogP contribution < -0.4 is 0 Å². The van der Waals surface area contributed by atoms with E-state index in [1.165, 1.54) is 12.1 Å². The summed E-state index contributed by atoms with van der Waals surface area (Å²) in [6.07, 6.45) is 9.84. The first-order valence-electron chi connectivity index (χ1n) is 8.36. The molecule has 0 atom stereocenters. The molecule has 0 saturated carbocycles. The number of halogens is 1. The van der Waals surface area contributed by atoms with Crippen molar-refractivity contribution in [2.24, 2.45) is 0 Å². The fourth-order valence-corrected chi connectivity index (χ4v) is 2.76. The highest BCUT2D eigenvalue weighted by Crippen LogP contribution is 2.17. The SMILES string of the molecule is CCc1nccc(-c2nccn2Cc2cnn(-c3cccc(F)c3)c2)n1. The predicted octanol–water partition coefficient (Wildman–Crippen LogP) is 3.28. The lowest BCUT2D eigenvalue weighted by molar-refractivity contribution is 0.625. The molecule has 0 amide bonds. The maximum Gasteiger partial charge on any atom is 0.159 e. The summed E-state index contributed by atoms with van der Waals surface area (Å²) in [5, 5.41) is 4.33. The van der Waals surface area contributed by atoms with E-state index in [-0.39, 0.29) is 5.82 Å². The summed E-state index contributed by atoms with van der Waals surface area (Å²) < 4.78 is 17.1. The first kappa shape index (κ1) is 16.1. The molecule has 0 N–H and O–H groups in total. The van der Waals surface area contributed by atoms with Crippen molar-refractivity contribution in [1.82, 2.24) is 29.3 Å². The van der Waals surface area contributed by atoms with Crippen LogP contribution in [0, 0.1) is 5.82 Å². The minimum Gasteiger partial charge on any atom is -0.325 e. The van der Waals surface area contributed by atoms with Crippen LogP contribution in [0.2, 0.25) is 0 Å². The minimum atomic E-state index is -0.285. The molecule has 130 valence electrons. The average Bonchev–Trinajstić information content (AvgIpc) is 3.32. The van der Waals surface area contributed by atoms with E-state index in [0.29, 0.717) is 12.2 Å². The molecule has 4 aromatic rings. The second kappa shape index (κ2) is 6.87. The van der Waals surface area contributed by atoms with E-state index in [1.807, 2.05) is 36.0 Å². The molecule has 0 spiro atoms. The number of benzene rings is 1. The zero-order valence-electron chi connectivity index (χ0n) is 14.2. The van der Waals surface area contributed by atoms with Crippen molar-refractivity contribution in [3.8, 4) is 17.2 Å². The van der Waals surface area contributed by atoms with E-state index in [0.717, 1.165) is 29.3 Å². The number of aromatic nitrogens is 6. The normalized spacial score (nSPS) is 11.0.